The van der Waals surface area contributed by atoms with Gasteiger partial charge in [-0.25, -0.2) is 0 Å². The SMILES string of the molecule is CCCCCCCCCN(CCCCCCCCC)CC(=O)N(C)CCNC. The van der Waals surface area contributed by atoms with Crippen LogP contribution in [-0.4, -0.2) is 62.5 Å². The molecule has 0 radical (unpaired) electrons. The van der Waals surface area contributed by atoms with E-state index in [0.717, 1.165) is 26.2 Å². The molecule has 0 aromatic rings. The Morgan fingerprint density at radius 3 is 1.54 bits per heavy atom. The minimum Gasteiger partial charge on any atom is -0.343 e. The summed E-state index contributed by atoms with van der Waals surface area (Å²) in [5.74, 6) is 0.265. The van der Waals surface area contributed by atoms with Crippen molar-refractivity contribution in [3.05, 3.63) is 0 Å². The van der Waals surface area contributed by atoms with Crippen LogP contribution in [0.5, 0.6) is 0 Å². The van der Waals surface area contributed by atoms with Crippen molar-refractivity contribution in [1.29, 1.82) is 0 Å². The molecular formula is C24H51N3O. The summed E-state index contributed by atoms with van der Waals surface area (Å²) in [6.45, 7) is 8.94. The molecule has 0 saturated carbocycles. The Labute approximate surface area is 176 Å². The van der Waals surface area contributed by atoms with E-state index in [1.807, 2.05) is 19.0 Å². The molecule has 4 nitrogen and oxygen atoms in total. The maximum atomic E-state index is 12.5. The van der Waals surface area contributed by atoms with E-state index in [-0.39, 0.29) is 5.91 Å². The Morgan fingerprint density at radius 2 is 1.11 bits per heavy atom. The van der Waals surface area contributed by atoms with Gasteiger partial charge in [0.05, 0.1) is 6.54 Å². The fourth-order valence-electron chi connectivity index (χ4n) is 3.57. The number of amides is 1. The van der Waals surface area contributed by atoms with E-state index in [4.69, 9.17) is 0 Å². The second-order valence-electron chi connectivity index (χ2n) is 8.44. The predicted molar refractivity (Wildman–Crippen MR) is 124 cm³/mol. The number of unbranched alkanes of at least 4 members (excludes halogenated alkanes) is 12. The highest BCUT2D eigenvalue weighted by atomic mass is 16.2. The molecule has 0 spiro atoms. The lowest BCUT2D eigenvalue weighted by Gasteiger charge is -2.25. The summed E-state index contributed by atoms with van der Waals surface area (Å²) >= 11 is 0. The van der Waals surface area contributed by atoms with Crippen LogP contribution in [0.2, 0.25) is 0 Å². The van der Waals surface area contributed by atoms with E-state index in [1.54, 1.807) is 0 Å². The molecule has 0 aromatic carbocycles. The fourth-order valence-corrected chi connectivity index (χ4v) is 3.57. The van der Waals surface area contributed by atoms with Gasteiger partial charge in [-0.3, -0.25) is 9.69 Å². The highest BCUT2D eigenvalue weighted by Crippen LogP contribution is 2.10. The summed E-state index contributed by atoms with van der Waals surface area (Å²) in [6.07, 6.45) is 18.7. The second-order valence-corrected chi connectivity index (χ2v) is 8.44. The lowest BCUT2D eigenvalue weighted by Crippen LogP contribution is -2.41. The van der Waals surface area contributed by atoms with Crippen molar-refractivity contribution >= 4 is 5.91 Å². The molecule has 0 bridgehead atoms. The van der Waals surface area contributed by atoms with Crippen molar-refractivity contribution in [2.24, 2.45) is 0 Å². The summed E-state index contributed by atoms with van der Waals surface area (Å²) in [4.78, 5) is 16.8. The topological polar surface area (TPSA) is 35.6 Å². The van der Waals surface area contributed by atoms with Crippen molar-refractivity contribution < 1.29 is 4.79 Å². The largest absolute Gasteiger partial charge is 0.343 e. The third kappa shape index (κ3) is 17.5. The van der Waals surface area contributed by atoms with Gasteiger partial charge in [-0.2, -0.15) is 0 Å². The maximum Gasteiger partial charge on any atom is 0.236 e. The minimum absolute atomic E-state index is 0.265. The van der Waals surface area contributed by atoms with Gasteiger partial charge < -0.3 is 10.2 Å². The third-order valence-corrected chi connectivity index (χ3v) is 5.64. The number of likely N-dealkylation sites (N-methyl/N-ethyl adjacent to an activating group) is 2. The van der Waals surface area contributed by atoms with E-state index in [0.29, 0.717) is 6.54 Å². The van der Waals surface area contributed by atoms with Crippen LogP contribution in [0.25, 0.3) is 0 Å². The quantitative estimate of drug-likeness (QED) is 0.261. The van der Waals surface area contributed by atoms with Crippen molar-refractivity contribution in [2.45, 2.75) is 104 Å². The van der Waals surface area contributed by atoms with Crippen LogP contribution in [0.3, 0.4) is 0 Å². The van der Waals surface area contributed by atoms with E-state index in [1.165, 1.54) is 89.9 Å². The molecule has 0 atom stereocenters. The number of hydrogen-bond acceptors (Lipinski definition) is 3. The highest BCUT2D eigenvalue weighted by Gasteiger charge is 2.14. The molecule has 0 aliphatic rings. The average molecular weight is 398 g/mol. The van der Waals surface area contributed by atoms with Gasteiger partial charge in [-0.05, 0) is 33.0 Å². The molecule has 0 fully saturated rings. The Balaban J connectivity index is 4.13. The molecule has 0 aliphatic heterocycles. The lowest BCUT2D eigenvalue weighted by atomic mass is 10.1. The molecule has 168 valence electrons. The van der Waals surface area contributed by atoms with Crippen molar-refractivity contribution in [2.75, 3.05) is 46.8 Å². The Bertz CT molecular complexity index is 318. The van der Waals surface area contributed by atoms with Gasteiger partial charge in [0.1, 0.15) is 0 Å². The Morgan fingerprint density at radius 1 is 0.679 bits per heavy atom. The smallest absolute Gasteiger partial charge is 0.236 e. The van der Waals surface area contributed by atoms with Crippen LogP contribution in [0, 0.1) is 0 Å². The zero-order chi connectivity index (χ0) is 20.9. The minimum atomic E-state index is 0.265. The van der Waals surface area contributed by atoms with Gasteiger partial charge in [0.15, 0.2) is 0 Å². The Hall–Kier alpha value is -0.610. The second kappa shape index (κ2) is 21.1. The third-order valence-electron chi connectivity index (χ3n) is 5.64. The number of carbonyl (C=O) groups is 1. The lowest BCUT2D eigenvalue weighted by molar-refractivity contribution is -0.131. The van der Waals surface area contributed by atoms with Crippen molar-refractivity contribution in [1.82, 2.24) is 15.1 Å². The first kappa shape index (κ1) is 27.4. The summed E-state index contributed by atoms with van der Waals surface area (Å²) in [5, 5.41) is 3.12. The molecule has 1 amide bonds. The summed E-state index contributed by atoms with van der Waals surface area (Å²) in [5.41, 5.74) is 0. The number of carbonyl (C=O) groups excluding carboxylic acids is 1. The zero-order valence-corrected chi connectivity index (χ0v) is 19.7. The number of hydrogen-bond donors (Lipinski definition) is 1. The molecule has 0 saturated heterocycles. The average Bonchev–Trinajstić information content (AvgIpc) is 2.70. The molecular weight excluding hydrogens is 346 g/mol. The molecule has 0 unspecified atom stereocenters. The summed E-state index contributed by atoms with van der Waals surface area (Å²) < 4.78 is 0. The van der Waals surface area contributed by atoms with Gasteiger partial charge in [0, 0.05) is 20.1 Å². The molecule has 4 heteroatoms. The zero-order valence-electron chi connectivity index (χ0n) is 19.7. The van der Waals surface area contributed by atoms with E-state index in [2.05, 4.69) is 24.1 Å². The summed E-state index contributed by atoms with van der Waals surface area (Å²) in [6, 6.07) is 0. The molecule has 1 N–H and O–H groups in total. The molecule has 28 heavy (non-hydrogen) atoms. The standard InChI is InChI=1S/C24H51N3O/c1-5-7-9-11-13-15-17-20-27(21-18-16-14-12-10-8-6-2)23-24(28)26(4)22-19-25-3/h25H,5-23H2,1-4H3. The highest BCUT2D eigenvalue weighted by molar-refractivity contribution is 5.77. The first-order chi connectivity index (χ1) is 13.7. The van der Waals surface area contributed by atoms with E-state index >= 15 is 0 Å². The molecule has 0 heterocycles. The first-order valence-corrected chi connectivity index (χ1v) is 12.3. The number of nitrogens with one attached hydrogen (secondary N) is 1. The number of rotatable bonds is 21. The predicted octanol–water partition coefficient (Wildman–Crippen LogP) is 5.47. The first-order valence-electron chi connectivity index (χ1n) is 12.3. The van der Waals surface area contributed by atoms with Gasteiger partial charge >= 0.3 is 0 Å². The van der Waals surface area contributed by atoms with Crippen molar-refractivity contribution in [3.8, 4) is 0 Å². The Kier molecular flexibility index (Phi) is 20.6. The van der Waals surface area contributed by atoms with Crippen LogP contribution >= 0.6 is 0 Å². The number of nitrogens with zero attached hydrogens (tertiary/aromatic N) is 2. The summed E-state index contributed by atoms with van der Waals surface area (Å²) in [7, 11) is 3.87. The van der Waals surface area contributed by atoms with Crippen LogP contribution < -0.4 is 5.32 Å². The van der Waals surface area contributed by atoms with E-state index in [9.17, 15) is 4.79 Å². The van der Waals surface area contributed by atoms with Crippen LogP contribution in [-0.2, 0) is 4.79 Å². The monoisotopic (exact) mass is 397 g/mol. The normalized spacial score (nSPS) is 11.3. The van der Waals surface area contributed by atoms with Gasteiger partial charge in [0.25, 0.3) is 0 Å². The van der Waals surface area contributed by atoms with Crippen molar-refractivity contribution in [3.63, 3.8) is 0 Å². The van der Waals surface area contributed by atoms with Crippen LogP contribution in [0.1, 0.15) is 104 Å². The van der Waals surface area contributed by atoms with Crippen LogP contribution in [0.15, 0.2) is 0 Å². The fraction of sp³-hybridized carbons (Fsp3) is 0.958. The van der Waals surface area contributed by atoms with E-state index < -0.39 is 0 Å². The van der Waals surface area contributed by atoms with Gasteiger partial charge in [0.2, 0.25) is 5.91 Å². The van der Waals surface area contributed by atoms with Gasteiger partial charge in [-0.1, -0.05) is 90.9 Å². The van der Waals surface area contributed by atoms with Gasteiger partial charge in [-0.15, -0.1) is 0 Å². The molecule has 0 aromatic heterocycles. The molecule has 0 rings (SSSR count). The van der Waals surface area contributed by atoms with Crippen LogP contribution in [0.4, 0.5) is 0 Å². The molecule has 0 aliphatic carbocycles. The maximum absolute atomic E-state index is 12.5.